The molecule has 0 fully saturated rings. The zero-order chi connectivity index (χ0) is 20.2. The molecule has 0 spiro atoms. The minimum absolute atomic E-state index is 0.0954. The van der Waals surface area contributed by atoms with Crippen molar-refractivity contribution in [2.75, 3.05) is 12.4 Å². The highest BCUT2D eigenvalue weighted by Crippen LogP contribution is 2.32. The van der Waals surface area contributed by atoms with Crippen molar-refractivity contribution in [3.63, 3.8) is 0 Å². The fourth-order valence-electron chi connectivity index (χ4n) is 3.13. The molecule has 0 unspecified atom stereocenters. The van der Waals surface area contributed by atoms with E-state index in [1.165, 1.54) is 7.11 Å². The third-order valence-electron chi connectivity index (χ3n) is 4.68. The molecule has 0 atom stereocenters. The fraction of sp³-hybridized carbons (Fsp3) is 0.0833. The largest absolute Gasteiger partial charge is 0.489 e. The standard InChI is InChI=1S/C24H19NO4/c1-28-24(27)18-10-6-17(7-11-18)15-29-19-12-8-16(9-13-19)14-21-20-4-2-3-5-22(20)25-23(21)26/h2-14H,15H2,1H3,(H,25,26)/b21-14+. The van der Waals surface area contributed by atoms with Crippen LogP contribution in [0.15, 0.2) is 72.8 Å². The first-order chi connectivity index (χ1) is 14.1. The van der Waals surface area contributed by atoms with E-state index >= 15 is 0 Å². The summed E-state index contributed by atoms with van der Waals surface area (Å²) in [6.45, 7) is 0.387. The molecule has 0 saturated heterocycles. The van der Waals surface area contributed by atoms with E-state index in [4.69, 9.17) is 9.47 Å². The maximum Gasteiger partial charge on any atom is 0.337 e. The first-order valence-electron chi connectivity index (χ1n) is 9.16. The van der Waals surface area contributed by atoms with E-state index in [1.807, 2.05) is 66.7 Å². The van der Waals surface area contributed by atoms with Crippen LogP contribution in [0.3, 0.4) is 0 Å². The molecule has 29 heavy (non-hydrogen) atoms. The zero-order valence-corrected chi connectivity index (χ0v) is 15.8. The minimum atomic E-state index is -0.360. The van der Waals surface area contributed by atoms with Crippen LogP contribution in [0.25, 0.3) is 11.6 Å². The zero-order valence-electron chi connectivity index (χ0n) is 15.8. The molecule has 5 nitrogen and oxygen atoms in total. The van der Waals surface area contributed by atoms with E-state index in [2.05, 4.69) is 5.32 Å². The van der Waals surface area contributed by atoms with Gasteiger partial charge >= 0.3 is 5.97 Å². The molecule has 0 aliphatic carbocycles. The normalized spacial score (nSPS) is 13.7. The van der Waals surface area contributed by atoms with Crippen LogP contribution in [0, 0.1) is 0 Å². The predicted octanol–water partition coefficient (Wildman–Crippen LogP) is 4.54. The lowest BCUT2D eigenvalue weighted by molar-refractivity contribution is -0.110. The molecule has 1 amide bonds. The molecular weight excluding hydrogens is 366 g/mol. The maximum absolute atomic E-state index is 12.2. The molecule has 144 valence electrons. The second kappa shape index (κ2) is 8.02. The fourth-order valence-corrected chi connectivity index (χ4v) is 3.13. The Morgan fingerprint density at radius 2 is 1.69 bits per heavy atom. The molecule has 0 radical (unpaired) electrons. The summed E-state index contributed by atoms with van der Waals surface area (Å²) in [7, 11) is 1.36. The van der Waals surface area contributed by atoms with Gasteiger partial charge in [0.1, 0.15) is 12.4 Å². The van der Waals surface area contributed by atoms with Crippen LogP contribution in [-0.2, 0) is 16.1 Å². The van der Waals surface area contributed by atoms with Gasteiger partial charge in [0.05, 0.1) is 12.7 Å². The van der Waals surface area contributed by atoms with Crippen molar-refractivity contribution >= 4 is 29.2 Å². The third kappa shape index (κ3) is 4.04. The van der Waals surface area contributed by atoms with Gasteiger partial charge < -0.3 is 14.8 Å². The highest BCUT2D eigenvalue weighted by molar-refractivity contribution is 6.34. The summed E-state index contributed by atoms with van der Waals surface area (Å²) in [5.74, 6) is 0.267. The molecule has 4 rings (SSSR count). The summed E-state index contributed by atoms with van der Waals surface area (Å²) in [6, 6.07) is 22.3. The second-order valence-electron chi connectivity index (χ2n) is 6.60. The van der Waals surface area contributed by atoms with Gasteiger partial charge in [-0.15, -0.1) is 0 Å². The van der Waals surface area contributed by atoms with Crippen LogP contribution in [0.2, 0.25) is 0 Å². The Morgan fingerprint density at radius 3 is 2.41 bits per heavy atom. The molecule has 3 aromatic rings. The molecule has 0 bridgehead atoms. The summed E-state index contributed by atoms with van der Waals surface area (Å²) in [4.78, 5) is 23.7. The van der Waals surface area contributed by atoms with Crippen molar-refractivity contribution in [2.45, 2.75) is 6.61 Å². The van der Waals surface area contributed by atoms with Gasteiger partial charge in [-0.05, 0) is 47.5 Å². The number of nitrogens with one attached hydrogen (secondary N) is 1. The Morgan fingerprint density at radius 1 is 0.966 bits per heavy atom. The first kappa shape index (κ1) is 18.5. The van der Waals surface area contributed by atoms with Crippen LogP contribution in [0.5, 0.6) is 5.75 Å². The van der Waals surface area contributed by atoms with E-state index < -0.39 is 0 Å². The summed E-state index contributed by atoms with van der Waals surface area (Å²) >= 11 is 0. The van der Waals surface area contributed by atoms with Crippen molar-refractivity contribution in [3.8, 4) is 5.75 Å². The minimum Gasteiger partial charge on any atom is -0.489 e. The summed E-state index contributed by atoms with van der Waals surface area (Å²) in [5.41, 5.74) is 4.77. The molecule has 1 aliphatic rings. The van der Waals surface area contributed by atoms with Crippen LogP contribution in [0.1, 0.15) is 27.0 Å². The third-order valence-corrected chi connectivity index (χ3v) is 4.68. The number of carbonyl (C=O) groups is 2. The lowest BCUT2D eigenvalue weighted by Crippen LogP contribution is -2.03. The lowest BCUT2D eigenvalue weighted by atomic mass is 10.0. The number of esters is 1. The molecule has 5 heteroatoms. The van der Waals surface area contributed by atoms with E-state index in [0.29, 0.717) is 17.7 Å². The van der Waals surface area contributed by atoms with Gasteiger partial charge in [-0.3, -0.25) is 4.79 Å². The Kier molecular flexibility index (Phi) is 5.12. The summed E-state index contributed by atoms with van der Waals surface area (Å²) in [5, 5.41) is 2.87. The molecule has 1 N–H and O–H groups in total. The lowest BCUT2D eigenvalue weighted by Gasteiger charge is -2.07. The van der Waals surface area contributed by atoms with Crippen molar-refractivity contribution in [1.29, 1.82) is 0 Å². The Bertz CT molecular complexity index is 1080. The molecule has 0 aromatic heterocycles. The van der Waals surface area contributed by atoms with Crippen molar-refractivity contribution in [2.24, 2.45) is 0 Å². The number of amides is 1. The van der Waals surface area contributed by atoms with Crippen LogP contribution in [-0.4, -0.2) is 19.0 Å². The second-order valence-corrected chi connectivity index (χ2v) is 6.60. The van der Waals surface area contributed by atoms with Gasteiger partial charge in [-0.1, -0.05) is 42.5 Å². The molecule has 0 saturated carbocycles. The van der Waals surface area contributed by atoms with Crippen molar-refractivity contribution in [3.05, 3.63) is 95.1 Å². The molecule has 1 heterocycles. The van der Waals surface area contributed by atoms with Crippen LogP contribution in [0.4, 0.5) is 5.69 Å². The topological polar surface area (TPSA) is 64.6 Å². The van der Waals surface area contributed by atoms with Gasteiger partial charge in [0.15, 0.2) is 0 Å². The number of methoxy groups -OCH3 is 1. The first-order valence-corrected chi connectivity index (χ1v) is 9.16. The average Bonchev–Trinajstić information content (AvgIpc) is 3.08. The number of fused-ring (bicyclic) bond motifs is 1. The van der Waals surface area contributed by atoms with Crippen LogP contribution >= 0.6 is 0 Å². The molecule has 1 aliphatic heterocycles. The Hall–Kier alpha value is -3.86. The quantitative estimate of drug-likeness (QED) is 0.517. The number of hydrogen-bond acceptors (Lipinski definition) is 4. The predicted molar refractivity (Wildman–Crippen MR) is 111 cm³/mol. The van der Waals surface area contributed by atoms with Crippen molar-refractivity contribution in [1.82, 2.24) is 0 Å². The number of para-hydroxylation sites is 1. The van der Waals surface area contributed by atoms with Gasteiger partial charge in [-0.25, -0.2) is 4.79 Å². The highest BCUT2D eigenvalue weighted by Gasteiger charge is 2.23. The van der Waals surface area contributed by atoms with Gasteiger partial charge in [-0.2, -0.15) is 0 Å². The smallest absolute Gasteiger partial charge is 0.337 e. The summed E-state index contributed by atoms with van der Waals surface area (Å²) < 4.78 is 10.5. The number of carbonyl (C=O) groups excluding carboxylic acids is 2. The molecular formula is C24H19NO4. The monoisotopic (exact) mass is 385 g/mol. The number of rotatable bonds is 5. The average molecular weight is 385 g/mol. The number of ether oxygens (including phenoxy) is 2. The number of anilines is 1. The molecule has 3 aromatic carbocycles. The Labute approximate surface area is 168 Å². The number of hydrogen-bond donors (Lipinski definition) is 1. The van der Waals surface area contributed by atoms with Gasteiger partial charge in [0, 0.05) is 16.8 Å². The van der Waals surface area contributed by atoms with E-state index in [-0.39, 0.29) is 11.9 Å². The SMILES string of the molecule is COC(=O)c1ccc(COc2ccc(/C=C3/C(=O)Nc4ccccc43)cc2)cc1. The van der Waals surface area contributed by atoms with E-state index in [9.17, 15) is 9.59 Å². The van der Waals surface area contributed by atoms with Gasteiger partial charge in [0.25, 0.3) is 5.91 Å². The van der Waals surface area contributed by atoms with Gasteiger partial charge in [0.2, 0.25) is 0 Å². The number of benzene rings is 3. The van der Waals surface area contributed by atoms with E-state index in [0.717, 1.165) is 28.1 Å². The highest BCUT2D eigenvalue weighted by atomic mass is 16.5. The van der Waals surface area contributed by atoms with Crippen molar-refractivity contribution < 1.29 is 19.1 Å². The van der Waals surface area contributed by atoms with E-state index in [1.54, 1.807) is 12.1 Å². The summed E-state index contributed by atoms with van der Waals surface area (Å²) in [6.07, 6.45) is 1.87. The Balaban J connectivity index is 1.42. The maximum atomic E-state index is 12.2. The van der Waals surface area contributed by atoms with Crippen LogP contribution < -0.4 is 10.1 Å².